The van der Waals surface area contributed by atoms with E-state index in [1.165, 1.54) is 6.07 Å². The Morgan fingerprint density at radius 1 is 1.28 bits per heavy atom. The van der Waals surface area contributed by atoms with E-state index in [0.717, 1.165) is 54.5 Å². The second-order valence-corrected chi connectivity index (χ2v) is 7.58. The summed E-state index contributed by atoms with van der Waals surface area (Å²) in [5.41, 5.74) is 1.88. The molecule has 0 bridgehead atoms. The molecule has 0 saturated carbocycles. The molecule has 6 heteroatoms. The largest absolute Gasteiger partial charge is 0.309 e. The van der Waals surface area contributed by atoms with E-state index < -0.39 is 0 Å². The van der Waals surface area contributed by atoms with Crippen LogP contribution >= 0.6 is 11.8 Å². The average molecular weight is 361 g/mol. The van der Waals surface area contributed by atoms with E-state index in [0.29, 0.717) is 12.6 Å². The van der Waals surface area contributed by atoms with E-state index >= 15 is 0 Å². The molecule has 1 fully saturated rings. The molecule has 1 atom stereocenters. The Hall–Kier alpha value is -1.50. The average Bonchev–Trinajstić information content (AvgIpc) is 2.64. The monoisotopic (exact) mass is 360 g/mol. The van der Waals surface area contributed by atoms with E-state index in [2.05, 4.69) is 27.1 Å². The van der Waals surface area contributed by atoms with Crippen molar-refractivity contribution in [3.63, 3.8) is 0 Å². The number of benzene rings is 1. The molecule has 3 rings (SSSR count). The van der Waals surface area contributed by atoms with Gasteiger partial charge in [-0.05, 0) is 31.2 Å². The van der Waals surface area contributed by atoms with Crippen molar-refractivity contribution >= 4 is 11.8 Å². The number of hydrogen-bond acceptors (Lipinski definition) is 5. The summed E-state index contributed by atoms with van der Waals surface area (Å²) >= 11 is 1.65. The van der Waals surface area contributed by atoms with Gasteiger partial charge in [-0.2, -0.15) is 0 Å². The van der Waals surface area contributed by atoms with Crippen LogP contribution in [-0.4, -0.2) is 39.8 Å². The van der Waals surface area contributed by atoms with Gasteiger partial charge < -0.3 is 5.32 Å². The standard InChI is InChI=1S/C19H25FN4S/c1-2-25-19-22-11-15(12-23-19)10-21-17-7-5-9-24(14-17)13-16-6-3-4-8-18(16)20/h3-4,6,8,11-12,17,21H,2,5,7,9-10,13-14H2,1H3. The lowest BCUT2D eigenvalue weighted by atomic mass is 10.0. The van der Waals surface area contributed by atoms with E-state index in [-0.39, 0.29) is 5.82 Å². The van der Waals surface area contributed by atoms with Gasteiger partial charge in [0.05, 0.1) is 0 Å². The lowest BCUT2D eigenvalue weighted by Gasteiger charge is -2.33. The van der Waals surface area contributed by atoms with Crippen LogP contribution in [0.5, 0.6) is 0 Å². The van der Waals surface area contributed by atoms with Crippen molar-refractivity contribution in [1.82, 2.24) is 20.2 Å². The van der Waals surface area contributed by atoms with Crippen LogP contribution in [0, 0.1) is 5.82 Å². The number of likely N-dealkylation sites (tertiary alicyclic amines) is 1. The van der Waals surface area contributed by atoms with Gasteiger partial charge in [0.25, 0.3) is 0 Å². The van der Waals surface area contributed by atoms with Gasteiger partial charge in [-0.3, -0.25) is 4.90 Å². The molecule has 1 saturated heterocycles. The fourth-order valence-electron chi connectivity index (χ4n) is 3.13. The highest BCUT2D eigenvalue weighted by molar-refractivity contribution is 7.99. The highest BCUT2D eigenvalue weighted by Gasteiger charge is 2.20. The zero-order chi connectivity index (χ0) is 17.5. The van der Waals surface area contributed by atoms with Crippen molar-refractivity contribution in [2.24, 2.45) is 0 Å². The lowest BCUT2D eigenvalue weighted by molar-refractivity contribution is 0.181. The van der Waals surface area contributed by atoms with Gasteiger partial charge in [-0.15, -0.1) is 0 Å². The summed E-state index contributed by atoms with van der Waals surface area (Å²) in [4.78, 5) is 11.1. The van der Waals surface area contributed by atoms with Gasteiger partial charge in [-0.1, -0.05) is 36.9 Å². The Kier molecular flexibility index (Phi) is 6.78. The first-order valence-corrected chi connectivity index (χ1v) is 9.86. The van der Waals surface area contributed by atoms with Gasteiger partial charge in [0, 0.05) is 49.2 Å². The van der Waals surface area contributed by atoms with Crippen LogP contribution in [0.2, 0.25) is 0 Å². The van der Waals surface area contributed by atoms with E-state index in [9.17, 15) is 4.39 Å². The topological polar surface area (TPSA) is 41.1 Å². The Bertz CT molecular complexity index is 665. The molecule has 1 aliphatic rings. The number of nitrogens with zero attached hydrogens (tertiary/aromatic N) is 3. The minimum Gasteiger partial charge on any atom is -0.309 e. The second kappa shape index (κ2) is 9.27. The first kappa shape index (κ1) is 18.3. The summed E-state index contributed by atoms with van der Waals surface area (Å²) in [5.74, 6) is 0.872. The third kappa shape index (κ3) is 5.49. The summed E-state index contributed by atoms with van der Waals surface area (Å²) in [7, 11) is 0. The van der Waals surface area contributed by atoms with Crippen LogP contribution in [0.4, 0.5) is 4.39 Å². The minimum atomic E-state index is -0.111. The summed E-state index contributed by atoms with van der Waals surface area (Å²) < 4.78 is 13.8. The number of piperidine rings is 1. The first-order valence-electron chi connectivity index (χ1n) is 8.87. The number of halogens is 1. The number of hydrogen-bond donors (Lipinski definition) is 1. The molecule has 1 unspecified atom stereocenters. The molecular weight excluding hydrogens is 335 g/mol. The van der Waals surface area contributed by atoms with Crippen molar-refractivity contribution in [2.75, 3.05) is 18.8 Å². The zero-order valence-corrected chi connectivity index (χ0v) is 15.4. The first-order chi connectivity index (χ1) is 12.2. The predicted octanol–water partition coefficient (Wildman–Crippen LogP) is 3.48. The van der Waals surface area contributed by atoms with Crippen LogP contribution in [-0.2, 0) is 13.1 Å². The number of rotatable bonds is 7. The van der Waals surface area contributed by atoms with Crippen LogP contribution in [0.25, 0.3) is 0 Å². The Morgan fingerprint density at radius 2 is 2.08 bits per heavy atom. The normalized spacial score (nSPS) is 18.4. The molecular formula is C19H25FN4S. The van der Waals surface area contributed by atoms with Crippen molar-refractivity contribution in [3.05, 3.63) is 53.6 Å². The molecule has 0 amide bonds. The van der Waals surface area contributed by atoms with Crippen molar-refractivity contribution < 1.29 is 4.39 Å². The number of nitrogens with one attached hydrogen (secondary N) is 1. The third-order valence-electron chi connectivity index (χ3n) is 4.41. The van der Waals surface area contributed by atoms with Gasteiger partial charge in [0.1, 0.15) is 5.82 Å². The van der Waals surface area contributed by atoms with Crippen molar-refractivity contribution in [2.45, 2.75) is 44.1 Å². The highest BCUT2D eigenvalue weighted by Crippen LogP contribution is 2.16. The molecule has 25 heavy (non-hydrogen) atoms. The maximum Gasteiger partial charge on any atom is 0.187 e. The summed E-state index contributed by atoms with van der Waals surface area (Å²) in [6, 6.07) is 7.48. The molecule has 4 nitrogen and oxygen atoms in total. The maximum atomic E-state index is 13.8. The van der Waals surface area contributed by atoms with Gasteiger partial charge >= 0.3 is 0 Å². The Balaban J connectivity index is 1.49. The SMILES string of the molecule is CCSc1ncc(CNC2CCCN(Cc3ccccc3F)C2)cn1. The van der Waals surface area contributed by atoms with Gasteiger partial charge in [0.2, 0.25) is 0 Å². The molecule has 1 aliphatic heterocycles. The fraction of sp³-hybridized carbons (Fsp3) is 0.474. The summed E-state index contributed by atoms with van der Waals surface area (Å²) in [6.07, 6.45) is 6.09. The third-order valence-corrected chi connectivity index (χ3v) is 5.16. The molecule has 2 aromatic rings. The Labute approximate surface area is 153 Å². The van der Waals surface area contributed by atoms with E-state index in [1.54, 1.807) is 17.8 Å². The zero-order valence-electron chi connectivity index (χ0n) is 14.6. The van der Waals surface area contributed by atoms with Gasteiger partial charge in [0.15, 0.2) is 5.16 Å². The van der Waals surface area contributed by atoms with Crippen LogP contribution in [0.15, 0.2) is 41.8 Å². The molecule has 1 N–H and O–H groups in total. The number of thioether (sulfide) groups is 1. The fourth-order valence-corrected chi connectivity index (χ4v) is 3.65. The molecule has 0 aliphatic carbocycles. The van der Waals surface area contributed by atoms with E-state index in [4.69, 9.17) is 0 Å². The molecule has 1 aromatic heterocycles. The molecule has 134 valence electrons. The van der Waals surface area contributed by atoms with Crippen LogP contribution < -0.4 is 5.32 Å². The van der Waals surface area contributed by atoms with Crippen molar-refractivity contribution in [3.8, 4) is 0 Å². The van der Waals surface area contributed by atoms with Crippen molar-refractivity contribution in [1.29, 1.82) is 0 Å². The predicted molar refractivity (Wildman–Crippen MR) is 100.0 cm³/mol. The van der Waals surface area contributed by atoms with Crippen LogP contribution in [0.3, 0.4) is 0 Å². The summed E-state index contributed by atoms with van der Waals surface area (Å²) in [5, 5.41) is 4.43. The van der Waals surface area contributed by atoms with Crippen LogP contribution in [0.1, 0.15) is 30.9 Å². The summed E-state index contributed by atoms with van der Waals surface area (Å²) in [6.45, 7) is 5.52. The van der Waals surface area contributed by atoms with E-state index in [1.807, 2.05) is 24.5 Å². The molecule has 1 aromatic carbocycles. The number of aromatic nitrogens is 2. The lowest BCUT2D eigenvalue weighted by Crippen LogP contribution is -2.45. The van der Waals surface area contributed by atoms with Gasteiger partial charge in [-0.25, -0.2) is 14.4 Å². The molecule has 0 spiro atoms. The minimum absolute atomic E-state index is 0.111. The quantitative estimate of drug-likeness (QED) is 0.605. The Morgan fingerprint density at radius 3 is 2.84 bits per heavy atom. The molecule has 2 heterocycles. The molecule has 0 radical (unpaired) electrons. The maximum absolute atomic E-state index is 13.8. The highest BCUT2D eigenvalue weighted by atomic mass is 32.2. The smallest absolute Gasteiger partial charge is 0.187 e. The second-order valence-electron chi connectivity index (χ2n) is 6.35.